The third kappa shape index (κ3) is 2.99. The smallest absolute Gasteiger partial charge is 0.129 e. The van der Waals surface area contributed by atoms with Gasteiger partial charge in [-0.25, -0.2) is 0 Å². The third-order valence-electron chi connectivity index (χ3n) is 2.08. The van der Waals surface area contributed by atoms with Crippen LogP contribution in [0.2, 0.25) is 0 Å². The van der Waals surface area contributed by atoms with Crippen LogP contribution in [0.1, 0.15) is 12.0 Å². The average Bonchev–Trinajstić information content (AvgIpc) is 2.29. The highest BCUT2D eigenvalue weighted by Gasteiger charge is 2.05. The first-order valence-electron chi connectivity index (χ1n) is 4.91. The summed E-state index contributed by atoms with van der Waals surface area (Å²) < 4.78 is 10.5. The molecule has 3 nitrogen and oxygen atoms in total. The first-order valence-corrected chi connectivity index (χ1v) is 4.91. The maximum Gasteiger partial charge on any atom is 0.129 e. The fraction of sp³-hybridized carbons (Fsp3) is 0.333. The van der Waals surface area contributed by atoms with Gasteiger partial charge in [-0.2, -0.15) is 0 Å². The molecular weight excluding hydrogens is 190 g/mol. The van der Waals surface area contributed by atoms with Crippen molar-refractivity contribution in [2.75, 3.05) is 20.8 Å². The Morgan fingerprint density at radius 1 is 1.20 bits per heavy atom. The van der Waals surface area contributed by atoms with E-state index in [2.05, 4.69) is 0 Å². The molecule has 0 aliphatic heterocycles. The molecule has 82 valence electrons. The van der Waals surface area contributed by atoms with E-state index < -0.39 is 0 Å². The zero-order valence-electron chi connectivity index (χ0n) is 9.19. The summed E-state index contributed by atoms with van der Waals surface area (Å²) in [5.74, 6) is 1.62. The van der Waals surface area contributed by atoms with Crippen molar-refractivity contribution >= 4 is 6.08 Å². The summed E-state index contributed by atoms with van der Waals surface area (Å²) in [6.07, 6.45) is 4.84. The first kappa shape index (κ1) is 11.6. The summed E-state index contributed by atoms with van der Waals surface area (Å²) in [5, 5.41) is 0. The number of rotatable bonds is 5. The van der Waals surface area contributed by atoms with Gasteiger partial charge in [-0.05, 0) is 25.1 Å². The van der Waals surface area contributed by atoms with E-state index in [9.17, 15) is 0 Å². The van der Waals surface area contributed by atoms with Crippen LogP contribution in [-0.4, -0.2) is 20.8 Å². The lowest BCUT2D eigenvalue weighted by atomic mass is 10.1. The predicted molar refractivity (Wildman–Crippen MR) is 62.3 cm³/mol. The lowest BCUT2D eigenvalue weighted by Crippen LogP contribution is -1.95. The van der Waals surface area contributed by atoms with Crippen molar-refractivity contribution in [3.05, 3.63) is 29.8 Å². The molecule has 0 fully saturated rings. The van der Waals surface area contributed by atoms with Gasteiger partial charge in [0, 0.05) is 0 Å². The maximum atomic E-state index is 5.42. The van der Waals surface area contributed by atoms with E-state index >= 15 is 0 Å². The van der Waals surface area contributed by atoms with E-state index in [4.69, 9.17) is 15.2 Å². The zero-order valence-corrected chi connectivity index (χ0v) is 9.19. The van der Waals surface area contributed by atoms with Gasteiger partial charge in [0.1, 0.15) is 11.5 Å². The van der Waals surface area contributed by atoms with E-state index in [0.717, 1.165) is 23.5 Å². The molecule has 0 aromatic heterocycles. The Kier molecular flexibility index (Phi) is 4.71. The number of nitrogens with two attached hydrogens (primary N) is 1. The predicted octanol–water partition coefficient (Wildman–Crippen LogP) is 2.07. The molecule has 0 spiro atoms. The summed E-state index contributed by atoms with van der Waals surface area (Å²) in [5.41, 5.74) is 6.37. The van der Waals surface area contributed by atoms with Crippen LogP contribution >= 0.6 is 0 Å². The van der Waals surface area contributed by atoms with Crippen LogP contribution in [0.5, 0.6) is 11.5 Å². The number of hydrogen-bond donors (Lipinski definition) is 1. The summed E-state index contributed by atoms with van der Waals surface area (Å²) in [4.78, 5) is 0. The number of ether oxygens (including phenoxy) is 2. The van der Waals surface area contributed by atoms with E-state index in [1.54, 1.807) is 14.2 Å². The summed E-state index contributed by atoms with van der Waals surface area (Å²) in [6.45, 7) is 0.647. The van der Waals surface area contributed by atoms with Gasteiger partial charge in [0.15, 0.2) is 0 Å². The van der Waals surface area contributed by atoms with Crippen LogP contribution in [-0.2, 0) is 0 Å². The lowest BCUT2D eigenvalue weighted by Gasteiger charge is -2.09. The molecule has 0 amide bonds. The molecule has 1 aromatic rings. The molecule has 0 bridgehead atoms. The minimum atomic E-state index is 0.647. The van der Waals surface area contributed by atoms with E-state index in [-0.39, 0.29) is 0 Å². The van der Waals surface area contributed by atoms with Crippen molar-refractivity contribution in [1.29, 1.82) is 0 Å². The number of benzene rings is 1. The lowest BCUT2D eigenvalue weighted by molar-refractivity contribution is 0.392. The van der Waals surface area contributed by atoms with Crippen LogP contribution in [0.3, 0.4) is 0 Å². The first-order chi connectivity index (χ1) is 7.33. The van der Waals surface area contributed by atoms with E-state index in [1.165, 1.54) is 0 Å². The van der Waals surface area contributed by atoms with Crippen molar-refractivity contribution in [3.63, 3.8) is 0 Å². The summed E-state index contributed by atoms with van der Waals surface area (Å²) in [6, 6.07) is 5.72. The number of methoxy groups -OCH3 is 2. The SMILES string of the molecule is COc1cccc(OC)c1/C=C/CCN. The van der Waals surface area contributed by atoms with Gasteiger partial charge < -0.3 is 15.2 Å². The molecular formula is C12H17NO2. The average molecular weight is 207 g/mol. The molecule has 0 radical (unpaired) electrons. The fourth-order valence-corrected chi connectivity index (χ4v) is 1.34. The molecule has 0 aliphatic rings. The Balaban J connectivity index is 2.99. The molecule has 2 N–H and O–H groups in total. The fourth-order valence-electron chi connectivity index (χ4n) is 1.34. The Bertz CT molecular complexity index is 312. The van der Waals surface area contributed by atoms with Gasteiger partial charge in [0.25, 0.3) is 0 Å². The highest BCUT2D eigenvalue weighted by atomic mass is 16.5. The second kappa shape index (κ2) is 6.09. The minimum absolute atomic E-state index is 0.647. The van der Waals surface area contributed by atoms with Crippen LogP contribution in [0.25, 0.3) is 6.08 Å². The van der Waals surface area contributed by atoms with Crippen molar-refractivity contribution < 1.29 is 9.47 Å². The Hall–Kier alpha value is -1.48. The molecule has 0 saturated heterocycles. The standard InChI is InChI=1S/C12H17NO2/c1-14-11-7-5-8-12(15-2)10(11)6-3-4-9-13/h3,5-8H,4,9,13H2,1-2H3/b6-3+. The molecule has 3 heteroatoms. The van der Waals surface area contributed by atoms with E-state index in [1.807, 2.05) is 30.4 Å². The highest BCUT2D eigenvalue weighted by Crippen LogP contribution is 2.29. The van der Waals surface area contributed by atoms with Gasteiger partial charge in [0.05, 0.1) is 19.8 Å². The molecule has 0 saturated carbocycles. The van der Waals surface area contributed by atoms with Crippen LogP contribution in [0.15, 0.2) is 24.3 Å². The van der Waals surface area contributed by atoms with Crippen molar-refractivity contribution in [3.8, 4) is 11.5 Å². The topological polar surface area (TPSA) is 44.5 Å². The highest BCUT2D eigenvalue weighted by molar-refractivity contribution is 5.64. The number of hydrogen-bond acceptors (Lipinski definition) is 3. The van der Waals surface area contributed by atoms with Crippen molar-refractivity contribution in [2.24, 2.45) is 5.73 Å². The minimum Gasteiger partial charge on any atom is -0.496 e. The third-order valence-corrected chi connectivity index (χ3v) is 2.08. The zero-order chi connectivity index (χ0) is 11.1. The van der Waals surface area contributed by atoms with Crippen molar-refractivity contribution in [1.82, 2.24) is 0 Å². The van der Waals surface area contributed by atoms with E-state index in [0.29, 0.717) is 6.54 Å². The largest absolute Gasteiger partial charge is 0.496 e. The Labute approximate surface area is 90.5 Å². The Morgan fingerprint density at radius 2 is 1.80 bits per heavy atom. The molecule has 1 rings (SSSR count). The molecule has 0 heterocycles. The molecule has 15 heavy (non-hydrogen) atoms. The van der Waals surface area contributed by atoms with Crippen LogP contribution in [0, 0.1) is 0 Å². The van der Waals surface area contributed by atoms with Crippen LogP contribution < -0.4 is 15.2 Å². The monoisotopic (exact) mass is 207 g/mol. The molecule has 0 unspecified atom stereocenters. The summed E-state index contributed by atoms with van der Waals surface area (Å²) >= 11 is 0. The molecule has 0 aliphatic carbocycles. The summed E-state index contributed by atoms with van der Waals surface area (Å²) in [7, 11) is 3.30. The molecule has 0 atom stereocenters. The van der Waals surface area contributed by atoms with Crippen molar-refractivity contribution in [2.45, 2.75) is 6.42 Å². The van der Waals surface area contributed by atoms with Gasteiger partial charge in [-0.15, -0.1) is 0 Å². The van der Waals surface area contributed by atoms with Crippen LogP contribution in [0.4, 0.5) is 0 Å². The van der Waals surface area contributed by atoms with Gasteiger partial charge in [-0.1, -0.05) is 18.2 Å². The van der Waals surface area contributed by atoms with Gasteiger partial charge >= 0.3 is 0 Å². The second-order valence-corrected chi connectivity index (χ2v) is 3.06. The van der Waals surface area contributed by atoms with Gasteiger partial charge in [0.2, 0.25) is 0 Å². The normalized spacial score (nSPS) is 10.6. The second-order valence-electron chi connectivity index (χ2n) is 3.06. The molecule has 1 aromatic carbocycles. The quantitative estimate of drug-likeness (QED) is 0.803. The van der Waals surface area contributed by atoms with Gasteiger partial charge in [-0.3, -0.25) is 0 Å². The Morgan fingerprint density at radius 3 is 2.27 bits per heavy atom. The maximum absolute atomic E-state index is 5.42.